The lowest BCUT2D eigenvalue weighted by molar-refractivity contribution is -0.147. The second-order valence-corrected chi connectivity index (χ2v) is 6.87. The summed E-state index contributed by atoms with van der Waals surface area (Å²) in [4.78, 5) is 25.6. The van der Waals surface area contributed by atoms with Crippen molar-refractivity contribution in [3.05, 3.63) is 35.9 Å². The van der Waals surface area contributed by atoms with Crippen molar-refractivity contribution in [2.45, 2.75) is 46.8 Å². The Hall–Kier alpha value is -2.04. The molecule has 0 aliphatic carbocycles. The Morgan fingerprint density at radius 1 is 1.09 bits per heavy atom. The first kappa shape index (κ1) is 19.0. The van der Waals surface area contributed by atoms with Gasteiger partial charge in [0.1, 0.15) is 13.2 Å². The van der Waals surface area contributed by atoms with Gasteiger partial charge in [0.25, 0.3) is 0 Å². The van der Waals surface area contributed by atoms with Crippen LogP contribution in [0.25, 0.3) is 0 Å². The predicted molar refractivity (Wildman–Crippen MR) is 88.9 cm³/mol. The summed E-state index contributed by atoms with van der Waals surface area (Å²) in [5, 5.41) is 0. The fourth-order valence-electron chi connectivity index (χ4n) is 1.80. The number of hydrogen-bond donors (Lipinski definition) is 0. The molecule has 0 unspecified atom stereocenters. The number of nitrogens with zero attached hydrogens (tertiary/aromatic N) is 1. The highest BCUT2D eigenvalue weighted by Gasteiger charge is 2.30. The van der Waals surface area contributed by atoms with E-state index in [1.54, 1.807) is 0 Å². The van der Waals surface area contributed by atoms with E-state index in [9.17, 15) is 9.59 Å². The molecule has 1 rings (SSSR count). The van der Waals surface area contributed by atoms with E-state index in [2.05, 4.69) is 0 Å². The van der Waals surface area contributed by atoms with Crippen LogP contribution in [0.2, 0.25) is 0 Å². The smallest absolute Gasteiger partial charge is 0.410 e. The molecule has 5 nitrogen and oxygen atoms in total. The zero-order chi connectivity index (χ0) is 17.5. The molecule has 5 heteroatoms. The number of ether oxygens (including phenoxy) is 2. The molecule has 23 heavy (non-hydrogen) atoms. The van der Waals surface area contributed by atoms with Gasteiger partial charge in [-0.2, -0.15) is 0 Å². The Bertz CT molecular complexity index is 506. The zero-order valence-corrected chi connectivity index (χ0v) is 14.7. The van der Waals surface area contributed by atoms with Gasteiger partial charge in [-0.25, -0.2) is 4.79 Å². The number of hydrogen-bond acceptors (Lipinski definition) is 4. The van der Waals surface area contributed by atoms with Crippen LogP contribution >= 0.6 is 0 Å². The number of carbonyl (C=O) groups excluding carboxylic acids is 2. The first-order chi connectivity index (χ1) is 10.7. The normalized spacial score (nSPS) is 11.2. The summed E-state index contributed by atoms with van der Waals surface area (Å²) in [6, 6.07) is 9.43. The first-order valence-electron chi connectivity index (χ1n) is 7.84. The Morgan fingerprint density at radius 3 is 2.22 bits per heavy atom. The number of amides is 1. The largest absolute Gasteiger partial charge is 0.459 e. The molecule has 1 amide bonds. The highest BCUT2D eigenvalue weighted by Crippen LogP contribution is 2.15. The molecule has 0 radical (unpaired) electrons. The summed E-state index contributed by atoms with van der Waals surface area (Å²) < 4.78 is 10.5. The Labute approximate surface area is 138 Å². The van der Waals surface area contributed by atoms with Gasteiger partial charge < -0.3 is 9.47 Å². The monoisotopic (exact) mass is 321 g/mol. The molecule has 0 atom stereocenters. The quantitative estimate of drug-likeness (QED) is 0.751. The van der Waals surface area contributed by atoms with Gasteiger partial charge in [0, 0.05) is 5.54 Å². The molecule has 0 aliphatic heterocycles. The molecular weight excluding hydrogens is 294 g/mol. The van der Waals surface area contributed by atoms with E-state index in [1.807, 2.05) is 65.0 Å². The van der Waals surface area contributed by atoms with E-state index >= 15 is 0 Å². The fourth-order valence-corrected chi connectivity index (χ4v) is 1.80. The number of rotatable bonds is 6. The van der Waals surface area contributed by atoms with Crippen LogP contribution in [0.15, 0.2) is 30.3 Å². The molecule has 1 aromatic carbocycles. The maximum absolute atomic E-state index is 12.2. The van der Waals surface area contributed by atoms with Crippen molar-refractivity contribution in [1.82, 2.24) is 4.90 Å². The standard InChI is InChI=1S/C18H27NO4/c1-14(2)12-23-17(21)19(18(3,4)5)11-16(20)22-13-15-9-7-6-8-10-15/h6-10,14H,11-13H2,1-5H3. The lowest BCUT2D eigenvalue weighted by Gasteiger charge is -2.34. The van der Waals surface area contributed by atoms with Crippen molar-refractivity contribution in [3.8, 4) is 0 Å². The third kappa shape index (κ3) is 7.17. The molecule has 0 aliphatic rings. The lowest BCUT2D eigenvalue weighted by atomic mass is 10.1. The van der Waals surface area contributed by atoms with Gasteiger partial charge in [-0.1, -0.05) is 44.2 Å². The summed E-state index contributed by atoms with van der Waals surface area (Å²) in [5.41, 5.74) is 0.380. The molecule has 0 spiro atoms. The molecule has 0 heterocycles. The van der Waals surface area contributed by atoms with Gasteiger partial charge in [0.15, 0.2) is 0 Å². The molecule has 0 N–H and O–H groups in total. The van der Waals surface area contributed by atoms with E-state index in [0.29, 0.717) is 6.61 Å². The average molecular weight is 321 g/mol. The molecular formula is C18H27NO4. The van der Waals surface area contributed by atoms with Crippen LogP contribution < -0.4 is 0 Å². The highest BCUT2D eigenvalue weighted by atomic mass is 16.6. The fraction of sp³-hybridized carbons (Fsp3) is 0.556. The van der Waals surface area contributed by atoms with Crippen molar-refractivity contribution in [1.29, 1.82) is 0 Å². The molecule has 0 saturated heterocycles. The van der Waals surface area contributed by atoms with E-state index in [4.69, 9.17) is 9.47 Å². The topological polar surface area (TPSA) is 55.8 Å². The van der Waals surface area contributed by atoms with Crippen LogP contribution in [-0.2, 0) is 20.9 Å². The second-order valence-electron chi connectivity index (χ2n) is 6.87. The number of benzene rings is 1. The minimum Gasteiger partial charge on any atom is -0.459 e. The molecule has 0 saturated carbocycles. The van der Waals surface area contributed by atoms with Gasteiger partial charge in [0.05, 0.1) is 6.61 Å². The predicted octanol–water partition coefficient (Wildman–Crippen LogP) is 3.62. The van der Waals surface area contributed by atoms with Gasteiger partial charge in [-0.15, -0.1) is 0 Å². The van der Waals surface area contributed by atoms with Crippen LogP contribution in [0, 0.1) is 5.92 Å². The van der Waals surface area contributed by atoms with E-state index < -0.39 is 17.6 Å². The minimum absolute atomic E-state index is 0.132. The van der Waals surface area contributed by atoms with Gasteiger partial charge >= 0.3 is 12.1 Å². The van der Waals surface area contributed by atoms with Crippen molar-refractivity contribution in [2.75, 3.05) is 13.2 Å². The Morgan fingerprint density at radius 2 is 1.70 bits per heavy atom. The van der Waals surface area contributed by atoms with Crippen molar-refractivity contribution in [3.63, 3.8) is 0 Å². The zero-order valence-electron chi connectivity index (χ0n) is 14.7. The SMILES string of the molecule is CC(C)COC(=O)N(CC(=O)OCc1ccccc1)C(C)(C)C. The molecule has 0 fully saturated rings. The molecule has 1 aromatic rings. The van der Waals surface area contributed by atoms with E-state index in [0.717, 1.165) is 5.56 Å². The van der Waals surface area contributed by atoms with Crippen molar-refractivity contribution < 1.29 is 19.1 Å². The van der Waals surface area contributed by atoms with Crippen molar-refractivity contribution >= 4 is 12.1 Å². The van der Waals surface area contributed by atoms with E-state index in [1.165, 1.54) is 4.90 Å². The van der Waals surface area contributed by atoms with Crippen LogP contribution in [-0.4, -0.2) is 35.7 Å². The van der Waals surface area contributed by atoms with Gasteiger partial charge in [-0.05, 0) is 32.3 Å². The Balaban J connectivity index is 2.59. The van der Waals surface area contributed by atoms with Crippen LogP contribution in [0.3, 0.4) is 0 Å². The Kier molecular flexibility index (Phi) is 7.07. The average Bonchev–Trinajstić information content (AvgIpc) is 2.48. The molecule has 0 aromatic heterocycles. The summed E-state index contributed by atoms with van der Waals surface area (Å²) in [5.74, 6) is -0.212. The molecule has 128 valence electrons. The summed E-state index contributed by atoms with van der Waals surface area (Å²) >= 11 is 0. The van der Waals surface area contributed by atoms with Crippen molar-refractivity contribution in [2.24, 2.45) is 5.92 Å². The van der Waals surface area contributed by atoms with Gasteiger partial charge in [0.2, 0.25) is 0 Å². The van der Waals surface area contributed by atoms with Crippen LogP contribution in [0.4, 0.5) is 4.79 Å². The first-order valence-corrected chi connectivity index (χ1v) is 7.84. The van der Waals surface area contributed by atoms with Crippen LogP contribution in [0.5, 0.6) is 0 Å². The highest BCUT2D eigenvalue weighted by molar-refractivity contribution is 5.78. The second kappa shape index (κ2) is 8.56. The number of esters is 1. The number of carbonyl (C=O) groups is 2. The van der Waals surface area contributed by atoms with Crippen LogP contribution in [0.1, 0.15) is 40.2 Å². The maximum Gasteiger partial charge on any atom is 0.410 e. The third-order valence-electron chi connectivity index (χ3n) is 3.10. The molecule has 0 bridgehead atoms. The maximum atomic E-state index is 12.2. The summed E-state index contributed by atoms with van der Waals surface area (Å²) in [7, 11) is 0. The van der Waals surface area contributed by atoms with E-state index in [-0.39, 0.29) is 19.1 Å². The van der Waals surface area contributed by atoms with Gasteiger partial charge in [-0.3, -0.25) is 9.69 Å². The summed E-state index contributed by atoms with van der Waals surface area (Å²) in [6.07, 6.45) is -0.497. The summed E-state index contributed by atoms with van der Waals surface area (Å²) in [6.45, 7) is 9.87. The minimum atomic E-state index is -0.528. The third-order valence-corrected chi connectivity index (χ3v) is 3.10. The lowest BCUT2D eigenvalue weighted by Crippen LogP contribution is -2.49.